The molecule has 1 saturated heterocycles. The Balaban J connectivity index is 0.00000121. The summed E-state index contributed by atoms with van der Waals surface area (Å²) in [5.74, 6) is 0.691. The predicted octanol–water partition coefficient (Wildman–Crippen LogP) is 4.49. The molecule has 2 heteroatoms. The maximum Gasteiger partial charge on any atom is 0.00206 e. The second-order valence-corrected chi connectivity index (χ2v) is 5.50. The van der Waals surface area contributed by atoms with E-state index in [2.05, 4.69) is 59.9 Å². The molecule has 102 valence electrons. The highest BCUT2D eigenvalue weighted by molar-refractivity contribution is 5.98. The summed E-state index contributed by atoms with van der Waals surface area (Å²) in [7, 11) is 0. The van der Waals surface area contributed by atoms with Gasteiger partial charge < -0.3 is 5.32 Å². The molecule has 0 spiro atoms. The topological polar surface area (TPSA) is 12.0 Å². The zero-order valence-corrected chi connectivity index (χ0v) is 12.1. The Morgan fingerprint density at radius 1 is 0.800 bits per heavy atom. The molecule has 3 aromatic rings. The third-order valence-electron chi connectivity index (χ3n) is 4.26. The minimum atomic E-state index is 0. The van der Waals surface area contributed by atoms with E-state index in [4.69, 9.17) is 0 Å². The summed E-state index contributed by atoms with van der Waals surface area (Å²) in [6.45, 7) is 2.28. The van der Waals surface area contributed by atoms with Gasteiger partial charge in [0.2, 0.25) is 0 Å². The van der Waals surface area contributed by atoms with E-state index in [0.29, 0.717) is 5.92 Å². The average Bonchev–Trinajstić information content (AvgIpc) is 2.98. The van der Waals surface area contributed by atoms with Crippen LogP contribution < -0.4 is 5.32 Å². The van der Waals surface area contributed by atoms with E-state index in [9.17, 15) is 0 Å². The lowest BCUT2D eigenvalue weighted by Gasteiger charge is -2.10. The molecule has 1 atom stereocenters. The fourth-order valence-corrected chi connectivity index (χ4v) is 3.15. The van der Waals surface area contributed by atoms with E-state index in [0.717, 1.165) is 13.1 Å². The Kier molecular flexibility index (Phi) is 3.64. The van der Waals surface area contributed by atoms with Crippen LogP contribution in [0, 0.1) is 0 Å². The van der Waals surface area contributed by atoms with E-state index in [1.807, 2.05) is 0 Å². The number of benzene rings is 3. The molecule has 4 rings (SSSR count). The molecule has 0 bridgehead atoms. The maximum absolute atomic E-state index is 3.45. The van der Waals surface area contributed by atoms with Crippen LogP contribution in [0.1, 0.15) is 17.9 Å². The first-order valence-electron chi connectivity index (χ1n) is 7.03. The highest BCUT2D eigenvalue weighted by Crippen LogP contribution is 2.28. The second kappa shape index (κ2) is 5.43. The Morgan fingerprint density at radius 2 is 1.50 bits per heavy atom. The average molecular weight is 284 g/mol. The minimum Gasteiger partial charge on any atom is -0.316 e. The number of fused-ring (bicyclic) bond motifs is 2. The van der Waals surface area contributed by atoms with E-state index in [1.54, 1.807) is 0 Å². The van der Waals surface area contributed by atoms with Crippen molar-refractivity contribution < 1.29 is 0 Å². The number of hydrogen-bond donors (Lipinski definition) is 1. The number of nitrogens with one attached hydrogen (secondary N) is 1. The molecule has 0 radical (unpaired) electrons. The van der Waals surface area contributed by atoms with E-state index < -0.39 is 0 Å². The van der Waals surface area contributed by atoms with Crippen molar-refractivity contribution in [1.29, 1.82) is 0 Å². The van der Waals surface area contributed by atoms with Crippen LogP contribution >= 0.6 is 12.4 Å². The summed E-state index contributed by atoms with van der Waals surface area (Å²) in [6, 6.07) is 20.1. The van der Waals surface area contributed by atoms with Gasteiger partial charge in [-0.2, -0.15) is 0 Å². The highest BCUT2D eigenvalue weighted by Gasteiger charge is 2.16. The fourth-order valence-electron chi connectivity index (χ4n) is 3.15. The standard InChI is InChI=1S/C18H17N.ClH/c1-2-4-14-10-18-11-15(17-7-8-19-12-17)5-6-16(18)9-13(14)3-1;/h1-6,9-11,17,19H,7-8,12H2;1H. The Morgan fingerprint density at radius 3 is 2.20 bits per heavy atom. The largest absolute Gasteiger partial charge is 0.316 e. The van der Waals surface area contributed by atoms with Crippen LogP contribution in [0.2, 0.25) is 0 Å². The van der Waals surface area contributed by atoms with E-state index in [1.165, 1.54) is 33.5 Å². The van der Waals surface area contributed by atoms with Gasteiger partial charge in [0.1, 0.15) is 0 Å². The van der Waals surface area contributed by atoms with Crippen molar-refractivity contribution in [2.45, 2.75) is 12.3 Å². The van der Waals surface area contributed by atoms with Crippen LogP contribution in [0.4, 0.5) is 0 Å². The lowest BCUT2D eigenvalue weighted by atomic mass is 9.94. The van der Waals surface area contributed by atoms with Gasteiger partial charge in [0.15, 0.2) is 0 Å². The van der Waals surface area contributed by atoms with Gasteiger partial charge in [0, 0.05) is 6.54 Å². The van der Waals surface area contributed by atoms with Crippen molar-refractivity contribution in [2.75, 3.05) is 13.1 Å². The molecule has 1 nitrogen and oxygen atoms in total. The first-order chi connectivity index (χ1) is 9.40. The molecule has 1 heterocycles. The van der Waals surface area contributed by atoms with Crippen LogP contribution in [-0.2, 0) is 0 Å². The van der Waals surface area contributed by atoms with Crippen molar-refractivity contribution in [1.82, 2.24) is 5.32 Å². The van der Waals surface area contributed by atoms with Gasteiger partial charge in [0.25, 0.3) is 0 Å². The first-order valence-corrected chi connectivity index (χ1v) is 7.03. The van der Waals surface area contributed by atoms with Gasteiger partial charge in [0.05, 0.1) is 0 Å². The summed E-state index contributed by atoms with van der Waals surface area (Å²) in [4.78, 5) is 0. The lowest BCUT2D eigenvalue weighted by Crippen LogP contribution is -2.07. The zero-order chi connectivity index (χ0) is 12.7. The van der Waals surface area contributed by atoms with Crippen molar-refractivity contribution >= 4 is 34.0 Å². The Hall–Kier alpha value is -1.57. The Bertz CT molecular complexity index is 745. The summed E-state index contributed by atoms with van der Waals surface area (Å²) < 4.78 is 0. The molecule has 1 aliphatic rings. The molecule has 20 heavy (non-hydrogen) atoms. The van der Waals surface area contributed by atoms with Gasteiger partial charge in [-0.1, -0.05) is 42.5 Å². The normalized spacial score (nSPS) is 18.3. The zero-order valence-electron chi connectivity index (χ0n) is 11.3. The van der Waals surface area contributed by atoms with Gasteiger partial charge in [-0.25, -0.2) is 0 Å². The molecule has 0 aromatic heterocycles. The maximum atomic E-state index is 3.45. The van der Waals surface area contributed by atoms with Crippen LogP contribution in [-0.4, -0.2) is 13.1 Å². The monoisotopic (exact) mass is 283 g/mol. The number of rotatable bonds is 1. The Labute approximate surface area is 125 Å². The predicted molar refractivity (Wildman–Crippen MR) is 88.9 cm³/mol. The van der Waals surface area contributed by atoms with Crippen LogP contribution in [0.25, 0.3) is 21.5 Å². The fraction of sp³-hybridized carbons (Fsp3) is 0.222. The molecule has 1 fully saturated rings. The molecule has 0 amide bonds. The van der Waals surface area contributed by atoms with E-state index in [-0.39, 0.29) is 12.4 Å². The third-order valence-corrected chi connectivity index (χ3v) is 4.26. The highest BCUT2D eigenvalue weighted by atomic mass is 35.5. The van der Waals surface area contributed by atoms with Gasteiger partial charge in [-0.3, -0.25) is 0 Å². The van der Waals surface area contributed by atoms with Crippen LogP contribution in [0.15, 0.2) is 54.6 Å². The van der Waals surface area contributed by atoms with Gasteiger partial charge in [-0.05, 0) is 58.1 Å². The molecule has 0 aliphatic carbocycles. The first kappa shape index (κ1) is 13.4. The third kappa shape index (κ3) is 2.28. The van der Waals surface area contributed by atoms with Crippen molar-refractivity contribution in [3.8, 4) is 0 Å². The number of hydrogen-bond acceptors (Lipinski definition) is 1. The molecule has 1 unspecified atom stereocenters. The molecular weight excluding hydrogens is 266 g/mol. The number of halogens is 1. The lowest BCUT2D eigenvalue weighted by molar-refractivity contribution is 0.765. The SMILES string of the molecule is Cl.c1ccc2cc3cc(C4CCNC4)ccc3cc2c1. The van der Waals surface area contributed by atoms with Crippen molar-refractivity contribution in [3.05, 3.63) is 60.2 Å². The van der Waals surface area contributed by atoms with Crippen LogP contribution in [0.3, 0.4) is 0 Å². The summed E-state index contributed by atoms with van der Waals surface area (Å²) in [5, 5.41) is 8.81. The molecule has 0 saturated carbocycles. The minimum absolute atomic E-state index is 0. The molecular formula is C18H18ClN. The summed E-state index contributed by atoms with van der Waals surface area (Å²) in [6.07, 6.45) is 1.26. The quantitative estimate of drug-likeness (QED) is 0.649. The van der Waals surface area contributed by atoms with Crippen molar-refractivity contribution in [3.63, 3.8) is 0 Å². The van der Waals surface area contributed by atoms with E-state index >= 15 is 0 Å². The van der Waals surface area contributed by atoms with Crippen molar-refractivity contribution in [2.24, 2.45) is 0 Å². The summed E-state index contributed by atoms with van der Waals surface area (Å²) in [5.41, 5.74) is 1.48. The van der Waals surface area contributed by atoms with Gasteiger partial charge in [-0.15, -0.1) is 12.4 Å². The molecule has 3 aromatic carbocycles. The van der Waals surface area contributed by atoms with Crippen LogP contribution in [0.5, 0.6) is 0 Å². The summed E-state index contributed by atoms with van der Waals surface area (Å²) >= 11 is 0. The smallest absolute Gasteiger partial charge is 0.00206 e. The van der Waals surface area contributed by atoms with Gasteiger partial charge >= 0.3 is 0 Å². The molecule has 1 N–H and O–H groups in total. The molecule has 1 aliphatic heterocycles. The second-order valence-electron chi connectivity index (χ2n) is 5.50.